The van der Waals surface area contributed by atoms with Gasteiger partial charge in [-0.3, -0.25) is 4.98 Å². The first-order valence-electron chi connectivity index (χ1n) is 6.27. The van der Waals surface area contributed by atoms with E-state index >= 15 is 0 Å². The molecule has 3 rings (SSSR count). The zero-order valence-electron chi connectivity index (χ0n) is 11.0. The predicted octanol–water partition coefficient (Wildman–Crippen LogP) is 3.94. The van der Waals surface area contributed by atoms with Crippen molar-refractivity contribution >= 4 is 33.6 Å². The van der Waals surface area contributed by atoms with Crippen molar-refractivity contribution in [1.82, 2.24) is 4.98 Å². The summed E-state index contributed by atoms with van der Waals surface area (Å²) in [4.78, 5) is 6.64. The summed E-state index contributed by atoms with van der Waals surface area (Å²) in [5, 5.41) is 3.89. The number of rotatable bonds is 3. The highest BCUT2D eigenvalue weighted by molar-refractivity contribution is 7.11. The van der Waals surface area contributed by atoms with Crippen LogP contribution in [0.4, 0.5) is 15.8 Å². The van der Waals surface area contributed by atoms with Crippen LogP contribution >= 0.6 is 11.3 Å². The van der Waals surface area contributed by atoms with Crippen LogP contribution in [0.2, 0.25) is 0 Å². The van der Waals surface area contributed by atoms with Gasteiger partial charge < -0.3 is 11.1 Å². The number of nitrogens with one attached hydrogen (secondary N) is 1. The fourth-order valence-electron chi connectivity index (χ4n) is 2.16. The van der Waals surface area contributed by atoms with Gasteiger partial charge in [0.05, 0.1) is 11.2 Å². The molecule has 0 unspecified atom stereocenters. The minimum absolute atomic E-state index is 0.373. The van der Waals surface area contributed by atoms with Crippen molar-refractivity contribution in [1.29, 1.82) is 0 Å². The van der Waals surface area contributed by atoms with Crippen molar-refractivity contribution in [3.8, 4) is 0 Å². The third-order valence-corrected chi connectivity index (χ3v) is 4.11. The number of nitrogens with two attached hydrogens (primary N) is 1. The molecule has 3 aromatic rings. The Morgan fingerprint density at radius 2 is 2.20 bits per heavy atom. The van der Waals surface area contributed by atoms with Gasteiger partial charge in [0.25, 0.3) is 0 Å². The molecule has 20 heavy (non-hydrogen) atoms. The van der Waals surface area contributed by atoms with Crippen LogP contribution in [0.15, 0.2) is 36.5 Å². The van der Waals surface area contributed by atoms with E-state index in [2.05, 4.69) is 23.3 Å². The van der Waals surface area contributed by atoms with Crippen LogP contribution < -0.4 is 11.1 Å². The highest BCUT2D eigenvalue weighted by Gasteiger charge is 2.11. The first-order chi connectivity index (χ1) is 9.65. The van der Waals surface area contributed by atoms with Crippen molar-refractivity contribution in [2.24, 2.45) is 0 Å². The molecule has 0 bridgehead atoms. The summed E-state index contributed by atoms with van der Waals surface area (Å²) in [5.74, 6) is -0.373. The number of benzene rings is 1. The smallest absolute Gasteiger partial charge is 0.150 e. The summed E-state index contributed by atoms with van der Waals surface area (Å²) in [6, 6.07) is 9.07. The maximum Gasteiger partial charge on any atom is 0.150 e. The summed E-state index contributed by atoms with van der Waals surface area (Å²) in [6.45, 7) is 2.62. The molecule has 0 aliphatic rings. The zero-order chi connectivity index (χ0) is 14.1. The highest BCUT2D eigenvalue weighted by atomic mass is 32.1. The van der Waals surface area contributed by atoms with Gasteiger partial charge >= 0.3 is 0 Å². The number of fused-ring (bicyclic) bond motifs is 1. The number of nitrogens with zero attached hydrogens (tertiary/aromatic N) is 1. The fraction of sp³-hybridized carbons (Fsp3) is 0.133. The Balaban J connectivity index is 1.98. The zero-order valence-corrected chi connectivity index (χ0v) is 11.8. The quantitative estimate of drug-likeness (QED) is 0.717. The van der Waals surface area contributed by atoms with Gasteiger partial charge in [-0.1, -0.05) is 0 Å². The number of nitrogen functional groups attached to an aromatic ring is 1. The summed E-state index contributed by atoms with van der Waals surface area (Å²) >= 11 is 1.69. The van der Waals surface area contributed by atoms with E-state index in [4.69, 9.17) is 5.73 Å². The van der Waals surface area contributed by atoms with Crippen molar-refractivity contribution in [3.05, 3.63) is 52.1 Å². The lowest BCUT2D eigenvalue weighted by Gasteiger charge is -2.11. The van der Waals surface area contributed by atoms with Gasteiger partial charge in [-0.05, 0) is 37.3 Å². The average Bonchev–Trinajstić information content (AvgIpc) is 2.84. The van der Waals surface area contributed by atoms with Crippen LogP contribution in [0.5, 0.6) is 0 Å². The van der Waals surface area contributed by atoms with Gasteiger partial charge in [-0.2, -0.15) is 0 Å². The standard InChI is InChI=1S/C15H14FN3S/c1-9-4-5-10(20-9)8-19-15-12(16)7-13(17)11-3-2-6-18-14(11)15/h2-7,19H,8,17H2,1H3. The Hall–Kier alpha value is -2.14. The molecule has 3 N–H and O–H groups in total. The van der Waals surface area contributed by atoms with Crippen LogP contribution in [0.25, 0.3) is 10.9 Å². The van der Waals surface area contributed by atoms with Crippen LogP contribution in [0.3, 0.4) is 0 Å². The number of hydrogen-bond donors (Lipinski definition) is 2. The average molecular weight is 287 g/mol. The molecule has 0 aliphatic heterocycles. The number of anilines is 2. The molecule has 0 saturated heterocycles. The third-order valence-electron chi connectivity index (χ3n) is 3.11. The second kappa shape index (κ2) is 5.09. The van der Waals surface area contributed by atoms with E-state index in [0.717, 1.165) is 10.3 Å². The molecule has 3 nitrogen and oxygen atoms in total. The molecule has 0 aliphatic carbocycles. The molecular formula is C15H14FN3S. The maximum absolute atomic E-state index is 14.1. The minimum atomic E-state index is -0.373. The molecule has 2 aromatic heterocycles. The van der Waals surface area contributed by atoms with E-state index in [1.54, 1.807) is 23.6 Å². The summed E-state index contributed by atoms with van der Waals surface area (Å²) in [7, 11) is 0. The Bertz CT molecular complexity index is 767. The second-order valence-electron chi connectivity index (χ2n) is 4.59. The molecule has 102 valence electrons. The molecule has 0 spiro atoms. The lowest BCUT2D eigenvalue weighted by molar-refractivity contribution is 0.632. The predicted molar refractivity (Wildman–Crippen MR) is 82.5 cm³/mol. The highest BCUT2D eigenvalue weighted by Crippen LogP contribution is 2.30. The molecule has 0 radical (unpaired) electrons. The SMILES string of the molecule is Cc1ccc(CNc2c(F)cc(N)c3cccnc23)s1. The van der Waals surface area contributed by atoms with Gasteiger partial charge in [-0.25, -0.2) is 4.39 Å². The monoisotopic (exact) mass is 287 g/mol. The van der Waals surface area contributed by atoms with Crippen molar-refractivity contribution in [3.63, 3.8) is 0 Å². The fourth-order valence-corrected chi connectivity index (χ4v) is 2.99. The number of aryl methyl sites for hydroxylation is 1. The van der Waals surface area contributed by atoms with E-state index in [1.807, 2.05) is 12.1 Å². The molecule has 1 aromatic carbocycles. The first-order valence-corrected chi connectivity index (χ1v) is 7.08. The molecule has 2 heterocycles. The number of halogens is 1. The Morgan fingerprint density at radius 3 is 2.95 bits per heavy atom. The van der Waals surface area contributed by atoms with Crippen molar-refractivity contribution in [2.75, 3.05) is 11.1 Å². The Morgan fingerprint density at radius 1 is 1.35 bits per heavy atom. The largest absolute Gasteiger partial charge is 0.398 e. The molecule has 0 fully saturated rings. The lowest BCUT2D eigenvalue weighted by atomic mass is 10.1. The normalized spacial score (nSPS) is 10.9. The molecule has 0 amide bonds. The van der Waals surface area contributed by atoms with E-state index in [9.17, 15) is 4.39 Å². The second-order valence-corrected chi connectivity index (χ2v) is 5.96. The maximum atomic E-state index is 14.1. The number of hydrogen-bond acceptors (Lipinski definition) is 4. The summed E-state index contributed by atoms with van der Waals surface area (Å²) < 4.78 is 14.1. The number of aromatic nitrogens is 1. The van der Waals surface area contributed by atoms with Gasteiger partial charge in [-0.15, -0.1) is 11.3 Å². The van der Waals surface area contributed by atoms with E-state index in [0.29, 0.717) is 23.4 Å². The van der Waals surface area contributed by atoms with Gasteiger partial charge in [0, 0.05) is 33.6 Å². The lowest BCUT2D eigenvalue weighted by Crippen LogP contribution is -2.03. The molecule has 0 atom stereocenters. The van der Waals surface area contributed by atoms with Gasteiger partial charge in [0.2, 0.25) is 0 Å². The summed E-state index contributed by atoms with van der Waals surface area (Å²) in [6.07, 6.45) is 1.64. The van der Waals surface area contributed by atoms with Gasteiger partial charge in [0.1, 0.15) is 0 Å². The molecular weight excluding hydrogens is 273 g/mol. The minimum Gasteiger partial charge on any atom is -0.398 e. The van der Waals surface area contributed by atoms with E-state index < -0.39 is 0 Å². The van der Waals surface area contributed by atoms with Crippen LogP contribution in [-0.2, 0) is 6.54 Å². The van der Waals surface area contributed by atoms with Crippen molar-refractivity contribution in [2.45, 2.75) is 13.5 Å². The number of thiophene rings is 1. The van der Waals surface area contributed by atoms with E-state index in [-0.39, 0.29) is 5.82 Å². The molecule has 5 heteroatoms. The van der Waals surface area contributed by atoms with Crippen LogP contribution in [-0.4, -0.2) is 4.98 Å². The summed E-state index contributed by atoms with van der Waals surface area (Å²) in [5.41, 5.74) is 7.21. The molecule has 0 saturated carbocycles. The first kappa shape index (κ1) is 12.9. The van der Waals surface area contributed by atoms with Gasteiger partial charge in [0.15, 0.2) is 5.82 Å². The Kier molecular flexibility index (Phi) is 3.28. The third kappa shape index (κ3) is 2.32. The number of pyridine rings is 1. The van der Waals surface area contributed by atoms with E-state index in [1.165, 1.54) is 10.9 Å². The van der Waals surface area contributed by atoms with Crippen LogP contribution in [0, 0.1) is 12.7 Å². The topological polar surface area (TPSA) is 50.9 Å². The van der Waals surface area contributed by atoms with Crippen LogP contribution in [0.1, 0.15) is 9.75 Å². The van der Waals surface area contributed by atoms with Crippen molar-refractivity contribution < 1.29 is 4.39 Å². The Labute approximate surface area is 120 Å².